The summed E-state index contributed by atoms with van der Waals surface area (Å²) in [5.74, 6) is 0. The molecule has 1 aromatic heterocycles. The van der Waals surface area contributed by atoms with Crippen molar-refractivity contribution in [1.82, 2.24) is 9.80 Å². The van der Waals surface area contributed by atoms with E-state index in [1.807, 2.05) is 30.3 Å². The third-order valence-electron chi connectivity index (χ3n) is 6.73. The van der Waals surface area contributed by atoms with E-state index in [-0.39, 0.29) is 0 Å². The van der Waals surface area contributed by atoms with Gasteiger partial charge in [-0.1, -0.05) is 30.0 Å². The van der Waals surface area contributed by atoms with Gasteiger partial charge in [-0.15, -0.1) is 0 Å². The molecular weight excluding hydrogens is 469 g/mol. The number of halogens is 3. The Bertz CT molecular complexity index is 1130. The maximum Gasteiger partial charge on any atom is 0.416 e. The highest BCUT2D eigenvalue weighted by atomic mass is 32.2. The van der Waals surface area contributed by atoms with Crippen molar-refractivity contribution in [1.29, 1.82) is 0 Å². The standard InChI is InChI=1S/C27H30F3N4S/c28-27(29,30)22-9-10-26-24(21-22)34(23-7-2-3-8-25(23)35-26)14-6-13-32-16-19-33(20-17-32)18-15-31-11-4-1-5-12-31/h1-5,7-12,21H,6,13-20H2/q+1. The number of alkyl halides is 3. The summed E-state index contributed by atoms with van der Waals surface area (Å²) in [5, 5.41) is 0. The van der Waals surface area contributed by atoms with Gasteiger partial charge < -0.3 is 9.80 Å². The number of anilines is 2. The molecule has 2 aliphatic heterocycles. The van der Waals surface area contributed by atoms with Crippen molar-refractivity contribution in [3.05, 3.63) is 78.6 Å². The minimum absolute atomic E-state index is 0.592. The van der Waals surface area contributed by atoms with Gasteiger partial charge in [0.25, 0.3) is 0 Å². The predicted molar refractivity (Wildman–Crippen MR) is 133 cm³/mol. The maximum absolute atomic E-state index is 13.4. The zero-order chi connectivity index (χ0) is 24.3. The summed E-state index contributed by atoms with van der Waals surface area (Å²) in [7, 11) is 0. The van der Waals surface area contributed by atoms with E-state index < -0.39 is 11.7 Å². The molecule has 0 spiro atoms. The third-order valence-corrected chi connectivity index (χ3v) is 7.86. The van der Waals surface area contributed by atoms with Gasteiger partial charge in [0, 0.05) is 54.6 Å². The molecule has 1 fully saturated rings. The Hall–Kier alpha value is -2.55. The fourth-order valence-corrected chi connectivity index (χ4v) is 5.85. The SMILES string of the molecule is FC(F)(F)c1ccc2c(c1)N(CCCN1CCN(CC[n+]3ccccc3)CC1)c1ccccc1S2. The van der Waals surface area contributed by atoms with Crippen LogP contribution in [-0.2, 0) is 12.7 Å². The summed E-state index contributed by atoms with van der Waals surface area (Å²) in [4.78, 5) is 9.02. The number of hydrogen-bond donors (Lipinski definition) is 0. The second-order valence-corrected chi connectivity index (χ2v) is 10.1. The molecule has 1 saturated heterocycles. The summed E-state index contributed by atoms with van der Waals surface area (Å²) < 4.78 is 42.5. The summed E-state index contributed by atoms with van der Waals surface area (Å²) in [6.07, 6.45) is 0.752. The fraction of sp³-hybridized carbons (Fsp3) is 0.370. The van der Waals surface area contributed by atoms with Crippen LogP contribution in [0.1, 0.15) is 12.0 Å². The van der Waals surface area contributed by atoms with E-state index >= 15 is 0 Å². The highest BCUT2D eigenvalue weighted by Gasteiger charge is 2.33. The number of para-hydroxylation sites is 1. The topological polar surface area (TPSA) is 13.6 Å². The number of nitrogens with zero attached hydrogens (tertiary/aromatic N) is 4. The Labute approximate surface area is 209 Å². The smallest absolute Gasteiger partial charge is 0.340 e. The van der Waals surface area contributed by atoms with Crippen LogP contribution in [0.4, 0.5) is 24.5 Å². The van der Waals surface area contributed by atoms with Crippen LogP contribution in [-0.4, -0.2) is 55.6 Å². The lowest BCUT2D eigenvalue weighted by molar-refractivity contribution is -0.696. The maximum atomic E-state index is 13.4. The molecule has 0 atom stereocenters. The Morgan fingerprint density at radius 1 is 0.743 bits per heavy atom. The Kier molecular flexibility index (Phi) is 7.32. The van der Waals surface area contributed by atoms with Crippen LogP contribution in [0, 0.1) is 0 Å². The van der Waals surface area contributed by atoms with E-state index in [1.54, 1.807) is 17.8 Å². The van der Waals surface area contributed by atoms with E-state index in [2.05, 4.69) is 43.8 Å². The largest absolute Gasteiger partial charge is 0.416 e. The van der Waals surface area contributed by atoms with E-state index in [0.29, 0.717) is 12.2 Å². The molecule has 2 aliphatic rings. The average molecular weight is 500 g/mol. The van der Waals surface area contributed by atoms with Gasteiger partial charge in [0.15, 0.2) is 18.9 Å². The predicted octanol–water partition coefficient (Wildman–Crippen LogP) is 5.30. The molecule has 0 radical (unpaired) electrons. The number of rotatable bonds is 7. The van der Waals surface area contributed by atoms with Crippen LogP contribution in [0.5, 0.6) is 0 Å². The van der Waals surface area contributed by atoms with Gasteiger partial charge in [0.1, 0.15) is 0 Å². The summed E-state index contributed by atoms with van der Waals surface area (Å²) in [6, 6.07) is 18.2. The van der Waals surface area contributed by atoms with Crippen molar-refractivity contribution in [2.24, 2.45) is 0 Å². The molecule has 35 heavy (non-hydrogen) atoms. The van der Waals surface area contributed by atoms with Gasteiger partial charge >= 0.3 is 6.18 Å². The molecule has 5 rings (SSSR count). The van der Waals surface area contributed by atoms with Gasteiger partial charge in [-0.25, -0.2) is 4.57 Å². The molecule has 0 N–H and O–H groups in total. The van der Waals surface area contributed by atoms with Crippen LogP contribution in [0.3, 0.4) is 0 Å². The van der Waals surface area contributed by atoms with Gasteiger partial charge in [0.2, 0.25) is 0 Å². The lowest BCUT2D eigenvalue weighted by Crippen LogP contribution is -2.49. The minimum Gasteiger partial charge on any atom is -0.340 e. The first kappa shape index (κ1) is 24.2. The molecule has 184 valence electrons. The summed E-state index contributed by atoms with van der Waals surface area (Å²) in [5.41, 5.74) is 1.06. The van der Waals surface area contributed by atoms with Crippen molar-refractivity contribution >= 4 is 23.1 Å². The van der Waals surface area contributed by atoms with Gasteiger partial charge in [-0.05, 0) is 43.3 Å². The molecule has 8 heteroatoms. The molecule has 0 bridgehead atoms. The Balaban J connectivity index is 1.18. The van der Waals surface area contributed by atoms with Gasteiger partial charge in [-0.2, -0.15) is 13.2 Å². The first-order valence-corrected chi connectivity index (χ1v) is 12.9. The number of hydrogen-bond acceptors (Lipinski definition) is 4. The molecular formula is C27H30F3N4S+. The third kappa shape index (κ3) is 5.82. The van der Waals surface area contributed by atoms with Crippen LogP contribution in [0.2, 0.25) is 0 Å². The quantitative estimate of drug-likeness (QED) is 0.409. The number of benzene rings is 2. The molecule has 0 unspecified atom stereocenters. The molecule has 2 aromatic carbocycles. The molecule has 0 amide bonds. The first-order chi connectivity index (χ1) is 17.0. The van der Waals surface area contributed by atoms with E-state index in [4.69, 9.17) is 0 Å². The number of pyridine rings is 1. The van der Waals surface area contributed by atoms with E-state index in [9.17, 15) is 13.2 Å². The van der Waals surface area contributed by atoms with Crippen molar-refractivity contribution in [2.45, 2.75) is 28.9 Å². The highest BCUT2D eigenvalue weighted by molar-refractivity contribution is 7.99. The summed E-state index contributed by atoms with van der Waals surface area (Å²) in [6.45, 7) is 7.83. The van der Waals surface area contributed by atoms with Crippen molar-refractivity contribution in [3.8, 4) is 0 Å². The minimum atomic E-state index is -4.35. The van der Waals surface area contributed by atoms with Crippen molar-refractivity contribution in [2.75, 3.05) is 50.7 Å². The average Bonchev–Trinajstić information content (AvgIpc) is 2.87. The monoisotopic (exact) mass is 499 g/mol. The second-order valence-electron chi connectivity index (χ2n) is 9.05. The number of fused-ring (bicyclic) bond motifs is 2. The number of aromatic nitrogens is 1. The summed E-state index contributed by atoms with van der Waals surface area (Å²) >= 11 is 1.54. The van der Waals surface area contributed by atoms with Crippen LogP contribution < -0.4 is 9.47 Å². The molecule has 0 saturated carbocycles. The van der Waals surface area contributed by atoms with E-state index in [0.717, 1.165) is 67.7 Å². The lowest BCUT2D eigenvalue weighted by Gasteiger charge is -2.36. The zero-order valence-electron chi connectivity index (χ0n) is 19.6. The van der Waals surface area contributed by atoms with E-state index in [1.165, 1.54) is 12.1 Å². The lowest BCUT2D eigenvalue weighted by atomic mass is 10.1. The molecule has 4 nitrogen and oxygen atoms in total. The van der Waals surface area contributed by atoms with Gasteiger partial charge in [-0.3, -0.25) is 4.90 Å². The van der Waals surface area contributed by atoms with Crippen LogP contribution in [0.25, 0.3) is 0 Å². The van der Waals surface area contributed by atoms with Crippen molar-refractivity contribution < 1.29 is 17.7 Å². The second kappa shape index (κ2) is 10.6. The Morgan fingerprint density at radius 3 is 2.17 bits per heavy atom. The fourth-order valence-electron chi connectivity index (χ4n) is 4.78. The van der Waals surface area contributed by atoms with Crippen LogP contribution in [0.15, 0.2) is 82.8 Å². The molecule has 3 aromatic rings. The molecule has 3 heterocycles. The highest BCUT2D eigenvalue weighted by Crippen LogP contribution is 2.49. The zero-order valence-corrected chi connectivity index (χ0v) is 20.4. The molecule has 0 aliphatic carbocycles. The normalized spacial score (nSPS) is 16.7. The van der Waals surface area contributed by atoms with Crippen LogP contribution >= 0.6 is 11.8 Å². The van der Waals surface area contributed by atoms with Crippen molar-refractivity contribution in [3.63, 3.8) is 0 Å². The Morgan fingerprint density at radius 2 is 1.43 bits per heavy atom. The number of piperazine rings is 1. The first-order valence-electron chi connectivity index (χ1n) is 12.1. The van der Waals surface area contributed by atoms with Gasteiger partial charge in [0.05, 0.1) is 23.5 Å².